The number of furan rings is 1. The summed E-state index contributed by atoms with van der Waals surface area (Å²) >= 11 is 5.88. The van der Waals surface area contributed by atoms with E-state index < -0.39 is 0 Å². The second kappa shape index (κ2) is 5.21. The van der Waals surface area contributed by atoms with E-state index in [0.29, 0.717) is 17.1 Å². The van der Waals surface area contributed by atoms with Crippen molar-refractivity contribution >= 4 is 17.4 Å². The van der Waals surface area contributed by atoms with Crippen molar-refractivity contribution in [1.82, 2.24) is 4.98 Å². The number of halogens is 1. The molecule has 0 saturated heterocycles. The maximum atomic E-state index is 9.13. The van der Waals surface area contributed by atoms with Crippen LogP contribution < -0.4 is 4.90 Å². The standard InChI is InChI=1S/C12H13ClN2O2/c1-15(7-10-3-2-4-17-10)12-5-9(8-16)11(13)6-14-12/h2-6,16H,7-8H2,1H3. The molecule has 90 valence electrons. The number of hydrogen-bond donors (Lipinski definition) is 1. The van der Waals surface area contributed by atoms with E-state index in [-0.39, 0.29) is 6.61 Å². The summed E-state index contributed by atoms with van der Waals surface area (Å²) in [5.74, 6) is 1.60. The summed E-state index contributed by atoms with van der Waals surface area (Å²) in [6.45, 7) is 0.523. The quantitative estimate of drug-likeness (QED) is 0.908. The fourth-order valence-electron chi connectivity index (χ4n) is 1.51. The van der Waals surface area contributed by atoms with Gasteiger partial charge in [0.25, 0.3) is 0 Å². The summed E-state index contributed by atoms with van der Waals surface area (Å²) in [6.07, 6.45) is 3.18. The Morgan fingerprint density at radius 1 is 1.53 bits per heavy atom. The van der Waals surface area contributed by atoms with Crippen molar-refractivity contribution in [2.45, 2.75) is 13.2 Å². The summed E-state index contributed by atoms with van der Waals surface area (Å²) < 4.78 is 5.26. The molecule has 0 aliphatic carbocycles. The van der Waals surface area contributed by atoms with Gasteiger partial charge in [-0.1, -0.05) is 11.6 Å². The summed E-state index contributed by atoms with van der Waals surface area (Å²) in [5.41, 5.74) is 0.669. The molecule has 0 unspecified atom stereocenters. The third kappa shape index (κ3) is 2.78. The van der Waals surface area contributed by atoms with Gasteiger partial charge < -0.3 is 14.4 Å². The van der Waals surface area contributed by atoms with Crippen LogP contribution in [0.1, 0.15) is 11.3 Å². The molecule has 0 atom stereocenters. The first-order valence-corrected chi connectivity index (χ1v) is 5.57. The number of nitrogens with zero attached hydrogens (tertiary/aromatic N) is 2. The lowest BCUT2D eigenvalue weighted by Gasteiger charge is -2.17. The van der Waals surface area contributed by atoms with Crippen LogP contribution in [0, 0.1) is 0 Å². The first-order chi connectivity index (χ1) is 8.20. The van der Waals surface area contributed by atoms with Gasteiger partial charge in [-0.25, -0.2) is 4.98 Å². The third-order valence-corrected chi connectivity index (χ3v) is 2.80. The molecule has 0 bridgehead atoms. The number of rotatable bonds is 4. The number of aliphatic hydroxyl groups excluding tert-OH is 1. The van der Waals surface area contributed by atoms with E-state index in [1.807, 2.05) is 24.1 Å². The Morgan fingerprint density at radius 3 is 3.00 bits per heavy atom. The van der Waals surface area contributed by atoms with E-state index >= 15 is 0 Å². The average Bonchev–Trinajstić information content (AvgIpc) is 2.82. The molecule has 0 amide bonds. The predicted molar refractivity (Wildman–Crippen MR) is 66.0 cm³/mol. The molecule has 2 rings (SSSR count). The second-order valence-electron chi connectivity index (χ2n) is 3.73. The predicted octanol–water partition coefficient (Wildman–Crippen LogP) is 2.46. The molecule has 4 nitrogen and oxygen atoms in total. The molecule has 0 aliphatic heterocycles. The Morgan fingerprint density at radius 2 is 2.35 bits per heavy atom. The van der Waals surface area contributed by atoms with E-state index in [2.05, 4.69) is 4.98 Å². The highest BCUT2D eigenvalue weighted by molar-refractivity contribution is 6.31. The number of hydrogen-bond acceptors (Lipinski definition) is 4. The highest BCUT2D eigenvalue weighted by Gasteiger charge is 2.08. The van der Waals surface area contributed by atoms with Gasteiger partial charge in [0.2, 0.25) is 0 Å². The molecule has 0 spiro atoms. The van der Waals surface area contributed by atoms with Crippen LogP contribution in [-0.4, -0.2) is 17.1 Å². The van der Waals surface area contributed by atoms with Gasteiger partial charge in [-0.3, -0.25) is 0 Å². The summed E-state index contributed by atoms with van der Waals surface area (Å²) in [7, 11) is 1.90. The maximum Gasteiger partial charge on any atom is 0.129 e. The lowest BCUT2D eigenvalue weighted by Crippen LogP contribution is -2.17. The van der Waals surface area contributed by atoms with Gasteiger partial charge >= 0.3 is 0 Å². The normalized spacial score (nSPS) is 10.5. The molecule has 0 fully saturated rings. The summed E-state index contributed by atoms with van der Waals surface area (Å²) in [5, 5.41) is 9.61. The van der Waals surface area contributed by atoms with E-state index in [4.69, 9.17) is 21.1 Å². The minimum absolute atomic E-state index is 0.0943. The molecule has 0 saturated carbocycles. The second-order valence-corrected chi connectivity index (χ2v) is 4.13. The van der Waals surface area contributed by atoms with Gasteiger partial charge in [0.15, 0.2) is 0 Å². The van der Waals surface area contributed by atoms with E-state index in [9.17, 15) is 0 Å². The van der Waals surface area contributed by atoms with Crippen molar-refractivity contribution in [2.24, 2.45) is 0 Å². The molecule has 0 aromatic carbocycles. The van der Waals surface area contributed by atoms with Crippen molar-refractivity contribution in [3.05, 3.63) is 47.0 Å². The zero-order valence-electron chi connectivity index (χ0n) is 9.43. The van der Waals surface area contributed by atoms with E-state index in [1.165, 1.54) is 0 Å². The first kappa shape index (κ1) is 12.0. The van der Waals surface area contributed by atoms with Crippen LogP contribution in [0.25, 0.3) is 0 Å². The Balaban J connectivity index is 2.16. The molecule has 0 aliphatic rings. The maximum absolute atomic E-state index is 9.13. The molecule has 2 aromatic heterocycles. The minimum atomic E-state index is -0.0943. The van der Waals surface area contributed by atoms with Gasteiger partial charge in [0, 0.05) is 18.8 Å². The summed E-state index contributed by atoms with van der Waals surface area (Å²) in [4.78, 5) is 6.13. The minimum Gasteiger partial charge on any atom is -0.467 e. The fraction of sp³-hybridized carbons (Fsp3) is 0.250. The van der Waals surface area contributed by atoms with Crippen LogP contribution in [0.3, 0.4) is 0 Å². The first-order valence-electron chi connectivity index (χ1n) is 5.19. The van der Waals surface area contributed by atoms with Crippen molar-refractivity contribution in [3.63, 3.8) is 0 Å². The van der Waals surface area contributed by atoms with Crippen molar-refractivity contribution in [3.8, 4) is 0 Å². The number of aliphatic hydroxyl groups is 1. The Labute approximate surface area is 104 Å². The van der Waals surface area contributed by atoms with E-state index in [0.717, 1.165) is 11.6 Å². The highest BCUT2D eigenvalue weighted by Crippen LogP contribution is 2.20. The third-order valence-electron chi connectivity index (χ3n) is 2.45. The number of aromatic nitrogens is 1. The van der Waals surface area contributed by atoms with Gasteiger partial charge in [0.05, 0.1) is 24.4 Å². The molecule has 5 heteroatoms. The SMILES string of the molecule is CN(Cc1ccco1)c1cc(CO)c(Cl)cn1. The van der Waals surface area contributed by atoms with Crippen molar-refractivity contribution < 1.29 is 9.52 Å². The lowest BCUT2D eigenvalue weighted by atomic mass is 10.2. The molecule has 2 heterocycles. The average molecular weight is 253 g/mol. The van der Waals surface area contributed by atoms with Crippen molar-refractivity contribution in [2.75, 3.05) is 11.9 Å². The highest BCUT2D eigenvalue weighted by atomic mass is 35.5. The number of anilines is 1. The van der Waals surface area contributed by atoms with Gasteiger partial charge in [-0.15, -0.1) is 0 Å². The Kier molecular flexibility index (Phi) is 3.66. The molecule has 17 heavy (non-hydrogen) atoms. The van der Waals surface area contributed by atoms with Crippen LogP contribution in [-0.2, 0) is 13.2 Å². The summed E-state index contributed by atoms with van der Waals surface area (Å²) in [6, 6.07) is 5.52. The van der Waals surface area contributed by atoms with Crippen molar-refractivity contribution in [1.29, 1.82) is 0 Å². The molecular formula is C12H13ClN2O2. The molecular weight excluding hydrogens is 240 g/mol. The van der Waals surface area contributed by atoms with Crippen LogP contribution in [0.15, 0.2) is 35.1 Å². The topological polar surface area (TPSA) is 49.5 Å². The van der Waals surface area contributed by atoms with Gasteiger partial charge in [-0.05, 0) is 18.2 Å². The molecule has 2 aromatic rings. The lowest BCUT2D eigenvalue weighted by molar-refractivity contribution is 0.282. The zero-order chi connectivity index (χ0) is 12.3. The van der Waals surface area contributed by atoms with Crippen LogP contribution in [0.4, 0.5) is 5.82 Å². The van der Waals surface area contributed by atoms with Crippen LogP contribution in [0.2, 0.25) is 5.02 Å². The van der Waals surface area contributed by atoms with Crippen LogP contribution in [0.5, 0.6) is 0 Å². The molecule has 0 radical (unpaired) electrons. The van der Waals surface area contributed by atoms with E-state index in [1.54, 1.807) is 18.5 Å². The van der Waals surface area contributed by atoms with Gasteiger partial charge in [-0.2, -0.15) is 0 Å². The van der Waals surface area contributed by atoms with Crippen LogP contribution >= 0.6 is 11.6 Å². The Hall–Kier alpha value is -1.52. The van der Waals surface area contributed by atoms with Gasteiger partial charge in [0.1, 0.15) is 11.6 Å². The Bertz CT molecular complexity index is 485. The number of pyridine rings is 1. The monoisotopic (exact) mass is 252 g/mol. The fourth-order valence-corrected chi connectivity index (χ4v) is 1.68. The molecule has 1 N–H and O–H groups in total. The largest absolute Gasteiger partial charge is 0.467 e. The smallest absolute Gasteiger partial charge is 0.129 e. The zero-order valence-corrected chi connectivity index (χ0v) is 10.2.